The molecule has 2 rings (SSSR count). The van der Waals surface area contributed by atoms with E-state index >= 15 is 0 Å². The van der Waals surface area contributed by atoms with Gasteiger partial charge in [0, 0.05) is 25.8 Å². The summed E-state index contributed by atoms with van der Waals surface area (Å²) in [5.74, 6) is -0.615. The van der Waals surface area contributed by atoms with Crippen LogP contribution in [0.3, 0.4) is 0 Å². The Morgan fingerprint density at radius 3 is 2.56 bits per heavy atom. The predicted molar refractivity (Wildman–Crippen MR) is 108 cm³/mol. The quantitative estimate of drug-likeness (QED) is 0.544. The van der Waals surface area contributed by atoms with Crippen LogP contribution in [0, 0.1) is 5.92 Å². The number of rotatable bonds is 8. The minimum atomic E-state index is -0.615. The summed E-state index contributed by atoms with van der Waals surface area (Å²) in [5, 5.41) is 9.49. The first kappa shape index (κ1) is 25.6. The lowest BCUT2D eigenvalue weighted by Gasteiger charge is -2.26. The zero-order chi connectivity index (χ0) is 18.2. The monoisotopic (exact) mass is 424 g/mol. The Labute approximate surface area is 172 Å². The SMILES string of the molecule is CC(C)[C@H](N)C(=O)NCC(=O)Nc1cnn(CCN2CCOCC2)c1.Cl.Cl. The van der Waals surface area contributed by atoms with Gasteiger partial charge in [0.05, 0.1) is 44.2 Å². The standard InChI is InChI=1S/C16H28N6O3.2ClH/c1-12(2)15(17)16(24)18-10-14(23)20-13-9-19-22(11-13)4-3-21-5-7-25-8-6-21;;/h9,11-12,15H,3-8,10,17H2,1-2H3,(H,18,24)(H,20,23);2*1H/t15-;;/m0../s1. The Hall–Kier alpha value is -1.39. The van der Waals surface area contributed by atoms with Crippen LogP contribution in [-0.2, 0) is 20.9 Å². The van der Waals surface area contributed by atoms with E-state index < -0.39 is 6.04 Å². The summed E-state index contributed by atoms with van der Waals surface area (Å²) in [6.07, 6.45) is 3.37. The van der Waals surface area contributed by atoms with Crippen LogP contribution in [-0.4, -0.2) is 71.9 Å². The number of aromatic nitrogens is 2. The Morgan fingerprint density at radius 2 is 1.93 bits per heavy atom. The number of carbonyl (C=O) groups is 2. The van der Waals surface area contributed by atoms with Crippen LogP contribution in [0.4, 0.5) is 5.69 Å². The van der Waals surface area contributed by atoms with Gasteiger partial charge >= 0.3 is 0 Å². The van der Waals surface area contributed by atoms with Gasteiger partial charge in [-0.15, -0.1) is 24.8 Å². The molecular formula is C16H30Cl2N6O3. The molecule has 156 valence electrons. The Morgan fingerprint density at radius 1 is 1.26 bits per heavy atom. The van der Waals surface area contributed by atoms with E-state index in [0.717, 1.165) is 39.4 Å². The lowest BCUT2D eigenvalue weighted by atomic mass is 10.1. The minimum absolute atomic E-state index is 0. The van der Waals surface area contributed by atoms with Crippen molar-refractivity contribution in [3.05, 3.63) is 12.4 Å². The van der Waals surface area contributed by atoms with Crippen molar-refractivity contribution in [3.63, 3.8) is 0 Å². The van der Waals surface area contributed by atoms with Crippen molar-refractivity contribution in [2.75, 3.05) is 44.7 Å². The van der Waals surface area contributed by atoms with Crippen LogP contribution in [0.25, 0.3) is 0 Å². The zero-order valence-electron chi connectivity index (χ0n) is 15.7. The summed E-state index contributed by atoms with van der Waals surface area (Å²) < 4.78 is 7.11. The van der Waals surface area contributed by atoms with Crippen molar-refractivity contribution in [1.82, 2.24) is 20.0 Å². The van der Waals surface area contributed by atoms with Gasteiger partial charge in [-0.1, -0.05) is 13.8 Å². The van der Waals surface area contributed by atoms with Crippen LogP contribution in [0.2, 0.25) is 0 Å². The molecule has 0 bridgehead atoms. The average molecular weight is 425 g/mol. The van der Waals surface area contributed by atoms with Gasteiger partial charge in [0.1, 0.15) is 0 Å². The van der Waals surface area contributed by atoms with E-state index in [-0.39, 0.29) is 49.1 Å². The van der Waals surface area contributed by atoms with Gasteiger partial charge in [-0.2, -0.15) is 5.10 Å². The van der Waals surface area contributed by atoms with Gasteiger partial charge in [-0.3, -0.25) is 19.2 Å². The Balaban J connectivity index is 0.00000338. The lowest BCUT2D eigenvalue weighted by Crippen LogP contribution is -2.46. The second kappa shape index (κ2) is 12.9. The summed E-state index contributed by atoms with van der Waals surface area (Å²) >= 11 is 0. The summed E-state index contributed by atoms with van der Waals surface area (Å²) in [4.78, 5) is 25.9. The Kier molecular flexibility index (Phi) is 12.2. The van der Waals surface area contributed by atoms with Crippen LogP contribution in [0.15, 0.2) is 12.4 Å². The van der Waals surface area contributed by atoms with Crippen molar-refractivity contribution in [3.8, 4) is 0 Å². The molecule has 1 aliphatic heterocycles. The first-order valence-corrected chi connectivity index (χ1v) is 8.61. The van der Waals surface area contributed by atoms with Gasteiger partial charge in [0.25, 0.3) is 0 Å². The molecule has 1 aromatic rings. The molecule has 1 atom stereocenters. The highest BCUT2D eigenvalue weighted by Gasteiger charge is 2.17. The first-order chi connectivity index (χ1) is 12.0. The maximum atomic E-state index is 11.9. The molecule has 0 aliphatic carbocycles. The smallest absolute Gasteiger partial charge is 0.243 e. The summed E-state index contributed by atoms with van der Waals surface area (Å²) in [6, 6.07) is -0.615. The van der Waals surface area contributed by atoms with Crippen LogP contribution in [0.5, 0.6) is 0 Å². The van der Waals surface area contributed by atoms with E-state index in [0.29, 0.717) is 5.69 Å². The number of anilines is 1. The first-order valence-electron chi connectivity index (χ1n) is 8.61. The highest BCUT2D eigenvalue weighted by Crippen LogP contribution is 2.05. The van der Waals surface area contributed by atoms with E-state index in [1.165, 1.54) is 0 Å². The average Bonchev–Trinajstić information content (AvgIpc) is 3.05. The van der Waals surface area contributed by atoms with Gasteiger partial charge in [0.15, 0.2) is 0 Å². The highest BCUT2D eigenvalue weighted by molar-refractivity contribution is 5.95. The molecule has 0 aromatic carbocycles. The predicted octanol–water partition coefficient (Wildman–Crippen LogP) is 0.0969. The zero-order valence-corrected chi connectivity index (χ0v) is 17.4. The minimum Gasteiger partial charge on any atom is -0.379 e. The summed E-state index contributed by atoms with van der Waals surface area (Å²) in [6.45, 7) is 8.65. The molecule has 4 N–H and O–H groups in total. The summed E-state index contributed by atoms with van der Waals surface area (Å²) in [5.41, 5.74) is 6.33. The number of halogens is 2. The maximum absolute atomic E-state index is 11.9. The fourth-order valence-electron chi connectivity index (χ4n) is 2.41. The van der Waals surface area contributed by atoms with Gasteiger partial charge in [-0.25, -0.2) is 0 Å². The topological polar surface area (TPSA) is 115 Å². The van der Waals surface area contributed by atoms with Gasteiger partial charge in [-0.05, 0) is 5.92 Å². The molecular weight excluding hydrogens is 395 g/mol. The van der Waals surface area contributed by atoms with Crippen LogP contribution in [0.1, 0.15) is 13.8 Å². The molecule has 2 heterocycles. The molecule has 9 nitrogen and oxygen atoms in total. The molecule has 11 heteroatoms. The largest absolute Gasteiger partial charge is 0.379 e. The third kappa shape index (κ3) is 8.89. The van der Waals surface area contributed by atoms with Crippen molar-refractivity contribution < 1.29 is 14.3 Å². The van der Waals surface area contributed by atoms with E-state index in [4.69, 9.17) is 10.5 Å². The number of hydrogen-bond donors (Lipinski definition) is 3. The summed E-state index contributed by atoms with van der Waals surface area (Å²) in [7, 11) is 0. The molecule has 0 saturated carbocycles. The fourth-order valence-corrected chi connectivity index (χ4v) is 2.41. The number of carbonyl (C=O) groups excluding carboxylic acids is 2. The van der Waals surface area contributed by atoms with E-state index in [1.807, 2.05) is 13.8 Å². The Bertz CT molecular complexity index is 578. The fraction of sp³-hybridized carbons (Fsp3) is 0.688. The van der Waals surface area contributed by atoms with E-state index in [1.54, 1.807) is 17.1 Å². The van der Waals surface area contributed by atoms with Crippen LogP contribution >= 0.6 is 24.8 Å². The number of morpholine rings is 1. The third-order valence-corrected chi connectivity index (χ3v) is 4.11. The van der Waals surface area contributed by atoms with Crippen molar-refractivity contribution in [2.24, 2.45) is 11.7 Å². The molecule has 27 heavy (non-hydrogen) atoms. The number of nitrogens with zero attached hydrogens (tertiary/aromatic N) is 3. The van der Waals surface area contributed by atoms with Crippen molar-refractivity contribution in [2.45, 2.75) is 26.4 Å². The molecule has 0 spiro atoms. The number of ether oxygens (including phenoxy) is 1. The van der Waals surface area contributed by atoms with E-state index in [2.05, 4.69) is 20.6 Å². The van der Waals surface area contributed by atoms with Crippen molar-refractivity contribution in [1.29, 1.82) is 0 Å². The number of nitrogens with one attached hydrogen (secondary N) is 2. The number of amides is 2. The maximum Gasteiger partial charge on any atom is 0.243 e. The normalized spacial score (nSPS) is 15.4. The molecule has 0 radical (unpaired) electrons. The van der Waals surface area contributed by atoms with E-state index in [9.17, 15) is 9.59 Å². The molecule has 2 amide bonds. The number of nitrogens with two attached hydrogens (primary N) is 1. The molecule has 1 fully saturated rings. The van der Waals surface area contributed by atoms with Crippen molar-refractivity contribution >= 4 is 42.3 Å². The van der Waals surface area contributed by atoms with Gasteiger partial charge < -0.3 is 21.1 Å². The second-order valence-electron chi connectivity index (χ2n) is 6.48. The number of hydrogen-bond acceptors (Lipinski definition) is 6. The highest BCUT2D eigenvalue weighted by atomic mass is 35.5. The molecule has 0 unspecified atom stereocenters. The molecule has 1 aliphatic rings. The van der Waals surface area contributed by atoms with Gasteiger partial charge in [0.2, 0.25) is 11.8 Å². The third-order valence-electron chi connectivity index (χ3n) is 4.11. The molecule has 1 saturated heterocycles. The molecule has 1 aromatic heterocycles. The lowest BCUT2D eigenvalue weighted by molar-refractivity contribution is -0.125. The van der Waals surface area contributed by atoms with Crippen LogP contribution < -0.4 is 16.4 Å². The second-order valence-corrected chi connectivity index (χ2v) is 6.48.